The third kappa shape index (κ3) is 5.13. The average Bonchev–Trinajstić information content (AvgIpc) is 2.61. The molecule has 2 aromatic rings. The Balaban J connectivity index is 1.96. The lowest BCUT2D eigenvalue weighted by Crippen LogP contribution is -2.05. The van der Waals surface area contributed by atoms with Crippen LogP contribution in [0.3, 0.4) is 0 Å². The summed E-state index contributed by atoms with van der Waals surface area (Å²) in [6, 6.07) is 16.1. The van der Waals surface area contributed by atoms with Crippen molar-refractivity contribution in [2.75, 3.05) is 19.0 Å². The summed E-state index contributed by atoms with van der Waals surface area (Å²) in [5.74, 6) is -0.290. The lowest BCUT2D eigenvalue weighted by molar-refractivity contribution is 0.0600. The van der Waals surface area contributed by atoms with Gasteiger partial charge in [-0.1, -0.05) is 43.7 Å². The summed E-state index contributed by atoms with van der Waals surface area (Å²) in [7, 11) is 1.40. The molecular formula is C20H25NO2. The second-order valence-electron chi connectivity index (χ2n) is 5.63. The molecule has 0 bridgehead atoms. The van der Waals surface area contributed by atoms with Gasteiger partial charge in [0.1, 0.15) is 0 Å². The molecular weight excluding hydrogens is 286 g/mol. The number of rotatable bonds is 8. The molecule has 1 N–H and O–H groups in total. The highest BCUT2D eigenvalue weighted by atomic mass is 16.5. The van der Waals surface area contributed by atoms with Gasteiger partial charge in [-0.25, -0.2) is 4.79 Å². The van der Waals surface area contributed by atoms with E-state index in [0.717, 1.165) is 19.4 Å². The highest BCUT2D eigenvalue weighted by molar-refractivity contribution is 5.89. The fraction of sp³-hybridized carbons (Fsp3) is 0.350. The summed E-state index contributed by atoms with van der Waals surface area (Å²) >= 11 is 0. The number of unbranched alkanes of at least 4 members (excludes halogenated alkanes) is 1. The van der Waals surface area contributed by atoms with Gasteiger partial charge in [0.05, 0.1) is 12.7 Å². The maximum atomic E-state index is 11.4. The number of carbonyl (C=O) groups excluding carboxylic acids is 1. The quantitative estimate of drug-likeness (QED) is 0.577. The monoisotopic (exact) mass is 311 g/mol. The van der Waals surface area contributed by atoms with Crippen LogP contribution in [0.2, 0.25) is 0 Å². The van der Waals surface area contributed by atoms with E-state index in [1.54, 1.807) is 0 Å². The minimum absolute atomic E-state index is 0.290. The summed E-state index contributed by atoms with van der Waals surface area (Å²) in [6.07, 6.45) is 4.31. The minimum atomic E-state index is -0.290. The van der Waals surface area contributed by atoms with E-state index >= 15 is 0 Å². The van der Waals surface area contributed by atoms with E-state index in [1.165, 1.54) is 36.8 Å². The summed E-state index contributed by atoms with van der Waals surface area (Å²) < 4.78 is 4.72. The van der Waals surface area contributed by atoms with Crippen molar-refractivity contribution in [3.63, 3.8) is 0 Å². The Bertz CT molecular complexity index is 620. The SMILES string of the molecule is CCCCNc1ccccc1CCc1ccc(C(=O)OC)cc1. The highest BCUT2D eigenvalue weighted by Gasteiger charge is 2.05. The van der Waals surface area contributed by atoms with E-state index in [-0.39, 0.29) is 5.97 Å². The molecule has 0 unspecified atom stereocenters. The zero-order valence-electron chi connectivity index (χ0n) is 14.0. The molecule has 0 fully saturated rings. The third-order valence-electron chi connectivity index (χ3n) is 3.92. The van der Waals surface area contributed by atoms with Gasteiger partial charge in [0, 0.05) is 12.2 Å². The van der Waals surface area contributed by atoms with Crippen molar-refractivity contribution in [1.29, 1.82) is 0 Å². The van der Waals surface area contributed by atoms with Crippen LogP contribution in [0.4, 0.5) is 5.69 Å². The van der Waals surface area contributed by atoms with Gasteiger partial charge in [-0.2, -0.15) is 0 Å². The molecule has 122 valence electrons. The Morgan fingerprint density at radius 3 is 2.48 bits per heavy atom. The molecule has 0 aromatic heterocycles. The molecule has 0 atom stereocenters. The molecule has 3 heteroatoms. The summed E-state index contributed by atoms with van der Waals surface area (Å²) in [4.78, 5) is 11.4. The van der Waals surface area contributed by atoms with Crippen LogP contribution in [-0.4, -0.2) is 19.6 Å². The number of methoxy groups -OCH3 is 1. The summed E-state index contributed by atoms with van der Waals surface area (Å²) in [5.41, 5.74) is 4.38. The average molecular weight is 311 g/mol. The number of aryl methyl sites for hydroxylation is 2. The minimum Gasteiger partial charge on any atom is -0.465 e. The Kier molecular flexibility index (Phi) is 6.67. The van der Waals surface area contributed by atoms with Crippen molar-refractivity contribution in [3.05, 3.63) is 65.2 Å². The number of hydrogen-bond donors (Lipinski definition) is 1. The number of anilines is 1. The van der Waals surface area contributed by atoms with Crippen LogP contribution in [0.1, 0.15) is 41.3 Å². The first-order valence-electron chi connectivity index (χ1n) is 8.23. The van der Waals surface area contributed by atoms with Crippen molar-refractivity contribution >= 4 is 11.7 Å². The number of carbonyl (C=O) groups is 1. The van der Waals surface area contributed by atoms with Crippen molar-refractivity contribution in [3.8, 4) is 0 Å². The second-order valence-corrected chi connectivity index (χ2v) is 5.63. The lowest BCUT2D eigenvalue weighted by atomic mass is 10.0. The number of ether oxygens (including phenoxy) is 1. The van der Waals surface area contributed by atoms with Gasteiger partial charge in [-0.3, -0.25) is 0 Å². The van der Waals surface area contributed by atoms with E-state index in [9.17, 15) is 4.79 Å². The largest absolute Gasteiger partial charge is 0.465 e. The first-order chi connectivity index (χ1) is 11.2. The highest BCUT2D eigenvalue weighted by Crippen LogP contribution is 2.18. The molecule has 0 saturated carbocycles. The maximum Gasteiger partial charge on any atom is 0.337 e. The van der Waals surface area contributed by atoms with Crippen LogP contribution in [0.5, 0.6) is 0 Å². The Labute approximate surface area is 138 Å². The molecule has 0 aliphatic rings. The normalized spacial score (nSPS) is 10.3. The van der Waals surface area contributed by atoms with Gasteiger partial charge >= 0.3 is 5.97 Å². The first-order valence-corrected chi connectivity index (χ1v) is 8.23. The molecule has 23 heavy (non-hydrogen) atoms. The van der Waals surface area contributed by atoms with Crippen molar-refractivity contribution in [2.24, 2.45) is 0 Å². The van der Waals surface area contributed by atoms with E-state index in [1.807, 2.05) is 24.3 Å². The molecule has 2 aromatic carbocycles. The predicted octanol–water partition coefficient (Wildman–Crippen LogP) is 4.47. The van der Waals surface area contributed by atoms with Gasteiger partial charge in [0.15, 0.2) is 0 Å². The smallest absolute Gasteiger partial charge is 0.337 e. The topological polar surface area (TPSA) is 38.3 Å². The van der Waals surface area contributed by atoms with Crippen LogP contribution >= 0.6 is 0 Å². The fourth-order valence-corrected chi connectivity index (χ4v) is 2.51. The van der Waals surface area contributed by atoms with Gasteiger partial charge in [0.25, 0.3) is 0 Å². The predicted molar refractivity (Wildman–Crippen MR) is 95.0 cm³/mol. The standard InChI is InChI=1S/C20H25NO2/c1-3-4-15-21-19-8-6-5-7-17(19)12-9-16-10-13-18(14-11-16)20(22)23-2/h5-8,10-11,13-14,21H,3-4,9,12,15H2,1-2H3. The number of para-hydroxylation sites is 1. The number of hydrogen-bond acceptors (Lipinski definition) is 3. The zero-order valence-corrected chi connectivity index (χ0v) is 14.0. The van der Waals surface area contributed by atoms with E-state index in [2.05, 4.69) is 36.5 Å². The second kappa shape index (κ2) is 8.99. The van der Waals surface area contributed by atoms with Gasteiger partial charge in [-0.15, -0.1) is 0 Å². The molecule has 0 aliphatic carbocycles. The molecule has 2 rings (SSSR count). The Morgan fingerprint density at radius 2 is 1.78 bits per heavy atom. The van der Waals surface area contributed by atoms with Crippen molar-refractivity contribution in [1.82, 2.24) is 0 Å². The number of benzene rings is 2. The van der Waals surface area contributed by atoms with Crippen molar-refractivity contribution < 1.29 is 9.53 Å². The molecule has 0 amide bonds. The van der Waals surface area contributed by atoms with Crippen LogP contribution in [0.15, 0.2) is 48.5 Å². The molecule has 0 heterocycles. The maximum absolute atomic E-state index is 11.4. The van der Waals surface area contributed by atoms with Gasteiger partial charge < -0.3 is 10.1 Å². The van der Waals surface area contributed by atoms with Crippen LogP contribution in [0, 0.1) is 0 Å². The van der Waals surface area contributed by atoms with Gasteiger partial charge in [-0.05, 0) is 48.6 Å². The van der Waals surface area contributed by atoms with Crippen LogP contribution < -0.4 is 5.32 Å². The summed E-state index contributed by atoms with van der Waals surface area (Å²) in [6.45, 7) is 3.22. The lowest BCUT2D eigenvalue weighted by Gasteiger charge is -2.12. The number of nitrogens with one attached hydrogen (secondary N) is 1. The first kappa shape index (κ1) is 17.1. The van der Waals surface area contributed by atoms with Crippen molar-refractivity contribution in [2.45, 2.75) is 32.6 Å². The molecule has 0 radical (unpaired) electrons. The van der Waals surface area contributed by atoms with Gasteiger partial charge in [0.2, 0.25) is 0 Å². The number of esters is 1. The van der Waals surface area contributed by atoms with E-state index < -0.39 is 0 Å². The Hall–Kier alpha value is -2.29. The molecule has 0 aliphatic heterocycles. The van der Waals surface area contributed by atoms with E-state index in [4.69, 9.17) is 4.74 Å². The molecule has 0 saturated heterocycles. The van der Waals surface area contributed by atoms with Crippen LogP contribution in [0.25, 0.3) is 0 Å². The third-order valence-corrected chi connectivity index (χ3v) is 3.92. The summed E-state index contributed by atoms with van der Waals surface area (Å²) in [5, 5.41) is 3.52. The van der Waals surface area contributed by atoms with Crippen LogP contribution in [-0.2, 0) is 17.6 Å². The Morgan fingerprint density at radius 1 is 1.04 bits per heavy atom. The molecule has 0 spiro atoms. The zero-order chi connectivity index (χ0) is 16.5. The fourth-order valence-electron chi connectivity index (χ4n) is 2.51. The van der Waals surface area contributed by atoms with E-state index in [0.29, 0.717) is 5.56 Å². The molecule has 3 nitrogen and oxygen atoms in total.